The van der Waals surface area contributed by atoms with Gasteiger partial charge in [-0.05, 0) is 30.3 Å². The Labute approximate surface area is 117 Å². The van der Waals surface area contributed by atoms with Gasteiger partial charge in [0.1, 0.15) is 16.8 Å². The van der Waals surface area contributed by atoms with Crippen molar-refractivity contribution in [3.05, 3.63) is 52.9 Å². The van der Waals surface area contributed by atoms with Gasteiger partial charge in [0.25, 0.3) is 0 Å². The van der Waals surface area contributed by atoms with E-state index in [0.29, 0.717) is 5.69 Å². The van der Waals surface area contributed by atoms with Crippen LogP contribution >= 0.6 is 11.6 Å². The smallest absolute Gasteiger partial charge is 0.329 e. The number of hydrogen-bond donors (Lipinski definition) is 0. The van der Waals surface area contributed by atoms with Crippen molar-refractivity contribution >= 4 is 23.1 Å². The van der Waals surface area contributed by atoms with Crippen molar-refractivity contribution in [2.24, 2.45) is 0 Å². The Morgan fingerprint density at radius 1 is 1.15 bits per heavy atom. The Morgan fingerprint density at radius 2 is 1.85 bits per heavy atom. The number of pyridine rings is 1. The van der Waals surface area contributed by atoms with Crippen LogP contribution in [0.4, 0.5) is 29.1 Å². The Morgan fingerprint density at radius 3 is 2.45 bits per heavy atom. The van der Waals surface area contributed by atoms with Gasteiger partial charge in [0.15, 0.2) is 0 Å². The molecule has 0 unspecified atom stereocenters. The van der Waals surface area contributed by atoms with Crippen molar-refractivity contribution in [2.75, 3.05) is 11.9 Å². The average Bonchev–Trinajstić information content (AvgIpc) is 2.36. The number of halogens is 5. The van der Waals surface area contributed by atoms with E-state index in [1.807, 2.05) is 0 Å². The molecule has 2 aromatic rings. The lowest BCUT2D eigenvalue weighted by Gasteiger charge is -2.20. The standard InChI is InChI=1S/C13H9ClF4N2/c1-20(10-4-2-3-9(15)7-10)12-6-8(13(16,17)18)5-11(14)19-12/h2-7H,1H3. The molecule has 2 rings (SSSR count). The van der Waals surface area contributed by atoms with Crippen LogP contribution in [0.5, 0.6) is 0 Å². The van der Waals surface area contributed by atoms with Gasteiger partial charge in [-0.2, -0.15) is 13.2 Å². The van der Waals surface area contributed by atoms with E-state index >= 15 is 0 Å². The Balaban J connectivity index is 2.45. The molecule has 0 amide bonds. The largest absolute Gasteiger partial charge is 0.416 e. The fraction of sp³-hybridized carbons (Fsp3) is 0.154. The molecule has 0 aliphatic rings. The van der Waals surface area contributed by atoms with Crippen LogP contribution in [0.2, 0.25) is 5.15 Å². The second kappa shape index (κ2) is 5.28. The highest BCUT2D eigenvalue weighted by molar-refractivity contribution is 6.29. The second-order valence-electron chi connectivity index (χ2n) is 4.07. The molecule has 20 heavy (non-hydrogen) atoms. The van der Waals surface area contributed by atoms with Crippen molar-refractivity contribution in [3.8, 4) is 0 Å². The van der Waals surface area contributed by atoms with E-state index in [4.69, 9.17) is 11.6 Å². The number of benzene rings is 1. The Bertz CT molecular complexity index is 628. The summed E-state index contributed by atoms with van der Waals surface area (Å²) in [5.74, 6) is -0.511. The van der Waals surface area contributed by atoms with Gasteiger partial charge in [-0.15, -0.1) is 0 Å². The molecular weight excluding hydrogens is 296 g/mol. The quantitative estimate of drug-likeness (QED) is 0.592. The van der Waals surface area contributed by atoms with Crippen LogP contribution in [-0.2, 0) is 6.18 Å². The molecule has 0 saturated heterocycles. The zero-order chi connectivity index (χ0) is 14.9. The summed E-state index contributed by atoms with van der Waals surface area (Å²) in [7, 11) is 1.48. The highest BCUT2D eigenvalue weighted by atomic mass is 35.5. The van der Waals surface area contributed by atoms with Gasteiger partial charge in [-0.1, -0.05) is 17.7 Å². The van der Waals surface area contributed by atoms with E-state index in [1.54, 1.807) is 6.07 Å². The second-order valence-corrected chi connectivity index (χ2v) is 4.46. The van der Waals surface area contributed by atoms with Gasteiger partial charge in [-0.25, -0.2) is 9.37 Å². The summed E-state index contributed by atoms with van der Waals surface area (Å²) < 4.78 is 51.3. The van der Waals surface area contributed by atoms with Crippen LogP contribution in [0.15, 0.2) is 36.4 Å². The molecule has 0 aliphatic heterocycles. The van der Waals surface area contributed by atoms with Crippen molar-refractivity contribution in [2.45, 2.75) is 6.18 Å². The molecule has 0 fully saturated rings. The Kier molecular flexibility index (Phi) is 3.85. The zero-order valence-corrected chi connectivity index (χ0v) is 11.0. The number of anilines is 2. The maximum atomic E-state index is 13.1. The van der Waals surface area contributed by atoms with Gasteiger partial charge in [0, 0.05) is 12.7 Å². The van der Waals surface area contributed by atoms with Crippen molar-refractivity contribution in [1.82, 2.24) is 4.98 Å². The first-order chi connectivity index (χ1) is 9.27. The lowest BCUT2D eigenvalue weighted by atomic mass is 10.2. The van der Waals surface area contributed by atoms with Crippen molar-refractivity contribution in [3.63, 3.8) is 0 Å². The maximum absolute atomic E-state index is 13.1. The predicted octanol–water partition coefficient (Wildman–Crippen LogP) is 4.66. The first-order valence-corrected chi connectivity index (χ1v) is 5.89. The van der Waals surface area contributed by atoms with E-state index in [1.165, 1.54) is 30.1 Å². The first-order valence-electron chi connectivity index (χ1n) is 5.51. The molecule has 0 radical (unpaired) electrons. The molecule has 0 aliphatic carbocycles. The molecular formula is C13H9ClF4N2. The van der Waals surface area contributed by atoms with E-state index in [9.17, 15) is 17.6 Å². The summed E-state index contributed by atoms with van der Waals surface area (Å²) in [5, 5.41) is -0.280. The van der Waals surface area contributed by atoms with Gasteiger partial charge >= 0.3 is 6.18 Å². The predicted molar refractivity (Wildman–Crippen MR) is 68.7 cm³/mol. The lowest BCUT2D eigenvalue weighted by Crippen LogP contribution is -2.14. The number of nitrogens with zero attached hydrogens (tertiary/aromatic N) is 2. The molecule has 0 spiro atoms. The number of hydrogen-bond acceptors (Lipinski definition) is 2. The van der Waals surface area contributed by atoms with Crippen LogP contribution in [0.3, 0.4) is 0 Å². The summed E-state index contributed by atoms with van der Waals surface area (Å²) in [5.41, 5.74) is -0.538. The minimum atomic E-state index is -4.52. The van der Waals surface area contributed by atoms with Crippen LogP contribution in [0.1, 0.15) is 5.56 Å². The van der Waals surface area contributed by atoms with Gasteiger partial charge in [-0.3, -0.25) is 0 Å². The summed E-state index contributed by atoms with van der Waals surface area (Å²) in [4.78, 5) is 5.15. The van der Waals surface area contributed by atoms with Crippen LogP contribution < -0.4 is 4.90 Å². The molecule has 7 heteroatoms. The molecule has 106 valence electrons. The maximum Gasteiger partial charge on any atom is 0.416 e. The molecule has 1 aromatic heterocycles. The number of rotatable bonds is 2. The van der Waals surface area contributed by atoms with E-state index < -0.39 is 17.6 Å². The van der Waals surface area contributed by atoms with E-state index in [2.05, 4.69) is 4.98 Å². The normalized spacial score (nSPS) is 11.5. The fourth-order valence-corrected chi connectivity index (χ4v) is 1.84. The van der Waals surface area contributed by atoms with Gasteiger partial charge < -0.3 is 4.90 Å². The zero-order valence-electron chi connectivity index (χ0n) is 10.2. The van der Waals surface area contributed by atoms with E-state index in [-0.39, 0.29) is 11.0 Å². The van der Waals surface area contributed by atoms with Crippen LogP contribution in [0, 0.1) is 5.82 Å². The third-order valence-electron chi connectivity index (χ3n) is 2.65. The van der Waals surface area contributed by atoms with Crippen LogP contribution in [0.25, 0.3) is 0 Å². The number of alkyl halides is 3. The number of aromatic nitrogens is 1. The summed E-state index contributed by atoms with van der Waals surface area (Å²) in [6.07, 6.45) is -4.52. The van der Waals surface area contributed by atoms with Crippen molar-refractivity contribution < 1.29 is 17.6 Å². The molecule has 0 bridgehead atoms. The van der Waals surface area contributed by atoms with Gasteiger partial charge in [0.05, 0.1) is 5.56 Å². The fourth-order valence-electron chi connectivity index (χ4n) is 1.64. The minimum Gasteiger partial charge on any atom is -0.329 e. The van der Waals surface area contributed by atoms with Crippen LogP contribution in [-0.4, -0.2) is 12.0 Å². The topological polar surface area (TPSA) is 16.1 Å². The first kappa shape index (κ1) is 14.6. The van der Waals surface area contributed by atoms with Crippen molar-refractivity contribution in [1.29, 1.82) is 0 Å². The molecule has 0 N–H and O–H groups in total. The summed E-state index contributed by atoms with van der Waals surface area (Å²) >= 11 is 5.61. The Hall–Kier alpha value is -1.82. The monoisotopic (exact) mass is 304 g/mol. The van der Waals surface area contributed by atoms with E-state index in [0.717, 1.165) is 12.1 Å². The average molecular weight is 305 g/mol. The minimum absolute atomic E-state index is 0.0181. The summed E-state index contributed by atoms with van der Waals surface area (Å²) in [6.45, 7) is 0. The molecule has 2 nitrogen and oxygen atoms in total. The molecule has 1 heterocycles. The highest BCUT2D eigenvalue weighted by Gasteiger charge is 2.32. The third-order valence-corrected chi connectivity index (χ3v) is 2.84. The highest BCUT2D eigenvalue weighted by Crippen LogP contribution is 2.34. The SMILES string of the molecule is CN(c1cccc(F)c1)c1cc(C(F)(F)F)cc(Cl)n1. The summed E-state index contributed by atoms with van der Waals surface area (Å²) in [6, 6.07) is 7.04. The molecule has 0 atom stereocenters. The third kappa shape index (κ3) is 3.19. The molecule has 1 aromatic carbocycles. The van der Waals surface area contributed by atoms with Gasteiger partial charge in [0.2, 0.25) is 0 Å². The molecule has 0 saturated carbocycles. The lowest BCUT2D eigenvalue weighted by molar-refractivity contribution is -0.137.